The molecule has 0 saturated heterocycles. The van der Waals surface area contributed by atoms with Gasteiger partial charge in [0.2, 0.25) is 0 Å². The molecule has 0 aliphatic heterocycles. The second-order valence-corrected chi connectivity index (χ2v) is 8.11. The summed E-state index contributed by atoms with van der Waals surface area (Å²) < 4.78 is 5.27. The summed E-state index contributed by atoms with van der Waals surface area (Å²) in [6.07, 6.45) is 1.88. The normalized spacial score (nSPS) is 13.3. The van der Waals surface area contributed by atoms with Crippen LogP contribution in [0, 0.1) is 5.92 Å². The summed E-state index contributed by atoms with van der Waals surface area (Å²) in [5.41, 5.74) is -0.442. The van der Waals surface area contributed by atoms with Gasteiger partial charge in [-0.2, -0.15) is 11.8 Å². The number of carbonyl (C=O) groups is 1. The molecule has 0 spiro atoms. The molecule has 0 aromatic heterocycles. The van der Waals surface area contributed by atoms with Crippen LogP contribution in [0.3, 0.4) is 0 Å². The van der Waals surface area contributed by atoms with Crippen LogP contribution in [-0.2, 0) is 4.74 Å². The lowest BCUT2D eigenvalue weighted by Crippen LogP contribution is -2.43. The molecule has 0 aliphatic rings. The molecule has 4 nitrogen and oxygen atoms in total. The van der Waals surface area contributed by atoms with Gasteiger partial charge in [-0.25, -0.2) is 4.79 Å². The number of alkyl carbamates (subject to hydrolysis) is 1. The van der Waals surface area contributed by atoms with E-state index in [1.54, 1.807) is 0 Å². The van der Waals surface area contributed by atoms with Gasteiger partial charge in [-0.15, -0.1) is 0 Å². The first-order valence-corrected chi connectivity index (χ1v) is 9.18. The van der Waals surface area contributed by atoms with Gasteiger partial charge >= 0.3 is 6.09 Å². The molecule has 0 rings (SSSR count). The van der Waals surface area contributed by atoms with Crippen LogP contribution in [0.2, 0.25) is 0 Å². The Kier molecular flexibility index (Phi) is 11.0. The summed E-state index contributed by atoms with van der Waals surface area (Å²) >= 11 is 1.97. The second-order valence-electron chi connectivity index (χ2n) is 6.71. The van der Waals surface area contributed by atoms with E-state index < -0.39 is 5.60 Å². The van der Waals surface area contributed by atoms with E-state index in [0.717, 1.165) is 13.0 Å². The molecule has 0 aromatic carbocycles. The number of rotatable bonds is 10. The van der Waals surface area contributed by atoms with Gasteiger partial charge in [-0.3, -0.25) is 0 Å². The number of hydrogen-bond donors (Lipinski definition) is 2. The summed E-state index contributed by atoms with van der Waals surface area (Å²) in [4.78, 5) is 11.7. The van der Waals surface area contributed by atoms with Gasteiger partial charge in [-0.1, -0.05) is 20.8 Å². The van der Waals surface area contributed by atoms with Crippen LogP contribution < -0.4 is 10.6 Å². The van der Waals surface area contributed by atoms with Crippen LogP contribution in [-0.4, -0.2) is 42.3 Å². The van der Waals surface area contributed by atoms with Crippen molar-refractivity contribution in [1.29, 1.82) is 0 Å². The van der Waals surface area contributed by atoms with E-state index >= 15 is 0 Å². The average molecular weight is 319 g/mol. The number of ether oxygens (including phenoxy) is 1. The Hall–Kier alpha value is -0.420. The summed E-state index contributed by atoms with van der Waals surface area (Å²) in [6, 6.07) is 0.309. The van der Waals surface area contributed by atoms with Crippen molar-refractivity contribution in [3.8, 4) is 0 Å². The smallest absolute Gasteiger partial charge is 0.407 e. The molecule has 0 bridgehead atoms. The van der Waals surface area contributed by atoms with Gasteiger partial charge in [0.05, 0.1) is 0 Å². The maximum absolute atomic E-state index is 11.7. The van der Waals surface area contributed by atoms with Crippen LogP contribution >= 0.6 is 11.8 Å². The van der Waals surface area contributed by atoms with Gasteiger partial charge in [0.1, 0.15) is 5.60 Å². The Morgan fingerprint density at radius 2 is 1.95 bits per heavy atom. The fourth-order valence-corrected chi connectivity index (χ4v) is 2.59. The lowest BCUT2D eigenvalue weighted by Gasteiger charge is -2.23. The van der Waals surface area contributed by atoms with Crippen molar-refractivity contribution in [1.82, 2.24) is 10.6 Å². The van der Waals surface area contributed by atoms with E-state index in [-0.39, 0.29) is 6.09 Å². The lowest BCUT2D eigenvalue weighted by molar-refractivity contribution is 0.0521. The Labute approximate surface area is 135 Å². The standard InChI is InChI=1S/C16H34N2O2S/c1-7-21-10-8-9-17-14(11-13(2)3)12-18-15(19)20-16(4,5)6/h13-14,17H,7-12H2,1-6H3,(H,18,19). The van der Waals surface area contributed by atoms with Crippen molar-refractivity contribution < 1.29 is 9.53 Å². The van der Waals surface area contributed by atoms with Crippen LogP contribution in [0.4, 0.5) is 4.79 Å². The predicted molar refractivity (Wildman–Crippen MR) is 93.1 cm³/mol. The molecule has 5 heteroatoms. The molecule has 126 valence electrons. The topological polar surface area (TPSA) is 50.4 Å². The highest BCUT2D eigenvalue weighted by molar-refractivity contribution is 7.99. The molecule has 2 N–H and O–H groups in total. The molecule has 1 amide bonds. The summed E-state index contributed by atoms with van der Waals surface area (Å²) in [7, 11) is 0. The maximum Gasteiger partial charge on any atom is 0.407 e. The summed E-state index contributed by atoms with van der Waals surface area (Å²) in [5, 5.41) is 6.41. The van der Waals surface area contributed by atoms with Gasteiger partial charge in [0.15, 0.2) is 0 Å². The maximum atomic E-state index is 11.7. The van der Waals surface area contributed by atoms with Crippen molar-refractivity contribution >= 4 is 17.9 Å². The zero-order chi connectivity index (χ0) is 16.3. The monoisotopic (exact) mass is 318 g/mol. The minimum atomic E-state index is -0.442. The molecule has 0 fully saturated rings. The van der Waals surface area contributed by atoms with Gasteiger partial charge < -0.3 is 15.4 Å². The fraction of sp³-hybridized carbons (Fsp3) is 0.938. The first-order chi connectivity index (χ1) is 9.74. The number of amides is 1. The van der Waals surface area contributed by atoms with E-state index in [9.17, 15) is 4.79 Å². The molecular formula is C16H34N2O2S. The van der Waals surface area contributed by atoms with Crippen LogP contribution in [0.5, 0.6) is 0 Å². The zero-order valence-corrected chi connectivity index (χ0v) is 15.4. The van der Waals surface area contributed by atoms with E-state index in [0.29, 0.717) is 18.5 Å². The van der Waals surface area contributed by atoms with Crippen LogP contribution in [0.25, 0.3) is 0 Å². The third-order valence-electron chi connectivity index (χ3n) is 2.75. The summed E-state index contributed by atoms with van der Waals surface area (Å²) in [6.45, 7) is 13.8. The van der Waals surface area contributed by atoms with Gasteiger partial charge in [0, 0.05) is 12.6 Å². The highest BCUT2D eigenvalue weighted by atomic mass is 32.2. The van der Waals surface area contributed by atoms with Crippen molar-refractivity contribution in [3.63, 3.8) is 0 Å². The van der Waals surface area contributed by atoms with E-state index in [2.05, 4.69) is 31.4 Å². The number of thioether (sulfide) groups is 1. The summed E-state index contributed by atoms with van der Waals surface area (Å²) in [5.74, 6) is 2.97. The fourth-order valence-electron chi connectivity index (χ4n) is 1.95. The quantitative estimate of drug-likeness (QED) is 0.604. The van der Waals surface area contributed by atoms with Crippen molar-refractivity contribution in [2.24, 2.45) is 5.92 Å². The molecule has 0 saturated carbocycles. The first-order valence-electron chi connectivity index (χ1n) is 8.02. The Balaban J connectivity index is 4.03. The van der Waals surface area contributed by atoms with E-state index in [4.69, 9.17) is 4.74 Å². The van der Waals surface area contributed by atoms with Crippen molar-refractivity contribution in [2.45, 2.75) is 66.0 Å². The van der Waals surface area contributed by atoms with Crippen LogP contribution in [0.1, 0.15) is 54.4 Å². The minimum absolute atomic E-state index is 0.309. The highest BCUT2D eigenvalue weighted by Crippen LogP contribution is 2.08. The predicted octanol–water partition coefficient (Wildman–Crippen LogP) is 3.66. The number of hydrogen-bond acceptors (Lipinski definition) is 4. The Bertz CT molecular complexity index is 278. The Morgan fingerprint density at radius 1 is 1.29 bits per heavy atom. The van der Waals surface area contributed by atoms with Gasteiger partial charge in [0.25, 0.3) is 0 Å². The highest BCUT2D eigenvalue weighted by Gasteiger charge is 2.17. The third kappa shape index (κ3) is 14.3. The molecule has 1 atom stereocenters. The molecule has 0 aliphatic carbocycles. The second kappa shape index (κ2) is 11.2. The Morgan fingerprint density at radius 3 is 2.48 bits per heavy atom. The SMILES string of the molecule is CCSCCCNC(CNC(=O)OC(C)(C)C)CC(C)C. The minimum Gasteiger partial charge on any atom is -0.444 e. The molecule has 0 heterocycles. The zero-order valence-electron chi connectivity index (χ0n) is 14.6. The number of carbonyl (C=O) groups excluding carboxylic acids is 1. The molecule has 0 aromatic rings. The first kappa shape index (κ1) is 20.6. The average Bonchev–Trinajstić information content (AvgIpc) is 2.32. The molecule has 1 unspecified atom stereocenters. The van der Waals surface area contributed by atoms with Crippen molar-refractivity contribution in [2.75, 3.05) is 24.6 Å². The van der Waals surface area contributed by atoms with E-state index in [1.807, 2.05) is 32.5 Å². The van der Waals surface area contributed by atoms with Crippen LogP contribution in [0.15, 0.2) is 0 Å². The third-order valence-corrected chi connectivity index (χ3v) is 3.74. The lowest BCUT2D eigenvalue weighted by atomic mass is 10.0. The van der Waals surface area contributed by atoms with Gasteiger partial charge in [-0.05, 0) is 57.6 Å². The van der Waals surface area contributed by atoms with E-state index in [1.165, 1.54) is 17.9 Å². The molecule has 0 radical (unpaired) electrons. The molecule has 21 heavy (non-hydrogen) atoms. The largest absolute Gasteiger partial charge is 0.444 e. The molecular weight excluding hydrogens is 284 g/mol. The van der Waals surface area contributed by atoms with Crippen molar-refractivity contribution in [3.05, 3.63) is 0 Å². The number of nitrogens with one attached hydrogen (secondary N) is 2.